The molecular formula is C28H37N5O4. The zero-order valence-electron chi connectivity index (χ0n) is 21.9. The minimum absolute atomic E-state index is 0.0689. The molecule has 1 aromatic carbocycles. The highest BCUT2D eigenvalue weighted by molar-refractivity contribution is 6.07. The van der Waals surface area contributed by atoms with Gasteiger partial charge in [-0.15, -0.1) is 0 Å². The number of alkyl carbamates (subject to hydrolysis) is 1. The SMILES string of the molecule is COC(=O)N[C@@H](Cc1ccncc1)C(=O)CCCCCN1C(=O)C(CC(C)C)(c2ccccc2)N=C1N. The normalized spacial score (nSPS) is 18.0. The second-order valence-electron chi connectivity index (χ2n) is 9.78. The molecule has 9 nitrogen and oxygen atoms in total. The summed E-state index contributed by atoms with van der Waals surface area (Å²) >= 11 is 0. The third kappa shape index (κ3) is 7.15. The van der Waals surface area contributed by atoms with E-state index in [2.05, 4.69) is 33.9 Å². The Labute approximate surface area is 218 Å². The molecule has 0 fully saturated rings. The van der Waals surface area contributed by atoms with Crippen LogP contribution in [-0.2, 0) is 26.3 Å². The second-order valence-corrected chi connectivity index (χ2v) is 9.78. The fourth-order valence-electron chi connectivity index (χ4n) is 4.71. The topological polar surface area (TPSA) is 127 Å². The molecule has 0 saturated heterocycles. The smallest absolute Gasteiger partial charge is 0.407 e. The van der Waals surface area contributed by atoms with Crippen LogP contribution in [0.1, 0.15) is 57.1 Å². The van der Waals surface area contributed by atoms with Gasteiger partial charge in [0.1, 0.15) is 0 Å². The largest absolute Gasteiger partial charge is 0.453 e. The van der Waals surface area contributed by atoms with E-state index in [0.29, 0.717) is 38.6 Å². The summed E-state index contributed by atoms with van der Waals surface area (Å²) in [5.41, 5.74) is 7.00. The molecule has 3 N–H and O–H groups in total. The zero-order valence-corrected chi connectivity index (χ0v) is 21.9. The van der Waals surface area contributed by atoms with Gasteiger partial charge in [-0.2, -0.15) is 0 Å². The van der Waals surface area contributed by atoms with Crippen LogP contribution >= 0.6 is 0 Å². The summed E-state index contributed by atoms with van der Waals surface area (Å²) in [5.74, 6) is 0.330. The molecule has 9 heteroatoms. The summed E-state index contributed by atoms with van der Waals surface area (Å²) in [6.45, 7) is 4.58. The van der Waals surface area contributed by atoms with E-state index in [1.54, 1.807) is 17.3 Å². The molecule has 2 aromatic rings. The zero-order chi connectivity index (χ0) is 26.8. The maximum atomic E-state index is 13.6. The van der Waals surface area contributed by atoms with E-state index in [9.17, 15) is 14.4 Å². The summed E-state index contributed by atoms with van der Waals surface area (Å²) in [6, 6.07) is 12.5. The van der Waals surface area contributed by atoms with E-state index in [4.69, 9.17) is 5.73 Å². The number of aliphatic imine (C=N–C) groups is 1. The van der Waals surface area contributed by atoms with Gasteiger partial charge < -0.3 is 15.8 Å². The molecule has 2 heterocycles. The van der Waals surface area contributed by atoms with E-state index >= 15 is 0 Å². The Morgan fingerprint density at radius 1 is 1.08 bits per heavy atom. The molecule has 1 aromatic heterocycles. The standard InChI is InChI=1S/C28H37N5O4/c1-20(2)19-28(22-10-6-4-7-11-22)25(35)33(26(29)32-28)17-9-5-8-12-24(34)23(31-27(36)37-3)18-21-13-15-30-16-14-21/h4,6-7,10-11,13-16,20,23H,5,8-9,12,17-19H2,1-3H3,(H2,29,32)(H,31,36)/t23-,28?/m0/s1. The van der Waals surface area contributed by atoms with Gasteiger partial charge in [-0.25, -0.2) is 9.79 Å². The first kappa shape index (κ1) is 27.8. The summed E-state index contributed by atoms with van der Waals surface area (Å²) in [5, 5.41) is 2.64. The van der Waals surface area contributed by atoms with Crippen molar-refractivity contribution in [2.75, 3.05) is 13.7 Å². The first-order valence-corrected chi connectivity index (χ1v) is 12.8. The number of ether oxygens (including phenoxy) is 1. The van der Waals surface area contributed by atoms with Crippen molar-refractivity contribution in [1.29, 1.82) is 0 Å². The van der Waals surface area contributed by atoms with Gasteiger partial charge in [-0.1, -0.05) is 50.6 Å². The molecule has 0 spiro atoms. The Kier molecular flexibility index (Phi) is 9.77. The number of nitrogens with zero attached hydrogens (tertiary/aromatic N) is 3. The minimum atomic E-state index is -0.991. The van der Waals surface area contributed by atoms with Crippen LogP contribution in [0, 0.1) is 5.92 Å². The molecule has 3 rings (SSSR count). The quantitative estimate of drug-likeness (QED) is 0.399. The van der Waals surface area contributed by atoms with Gasteiger partial charge in [0, 0.05) is 25.4 Å². The Balaban J connectivity index is 1.54. The summed E-state index contributed by atoms with van der Waals surface area (Å²) in [4.78, 5) is 48.4. The van der Waals surface area contributed by atoms with Crippen LogP contribution in [0.5, 0.6) is 0 Å². The molecule has 37 heavy (non-hydrogen) atoms. The number of hydrogen-bond acceptors (Lipinski definition) is 7. The Morgan fingerprint density at radius 3 is 2.43 bits per heavy atom. The fourth-order valence-corrected chi connectivity index (χ4v) is 4.71. The van der Waals surface area contributed by atoms with Crippen LogP contribution in [-0.4, -0.2) is 53.3 Å². The third-order valence-corrected chi connectivity index (χ3v) is 6.50. The lowest BCUT2D eigenvalue weighted by atomic mass is 9.82. The minimum Gasteiger partial charge on any atom is -0.453 e. The van der Waals surface area contributed by atoms with Gasteiger partial charge in [0.25, 0.3) is 5.91 Å². The molecular weight excluding hydrogens is 470 g/mol. The lowest BCUT2D eigenvalue weighted by Gasteiger charge is -2.28. The molecule has 1 aliphatic heterocycles. The van der Waals surface area contributed by atoms with Crippen LogP contribution in [0.25, 0.3) is 0 Å². The highest BCUT2D eigenvalue weighted by Crippen LogP contribution is 2.38. The Hall–Kier alpha value is -3.75. The predicted molar refractivity (Wildman–Crippen MR) is 142 cm³/mol. The van der Waals surface area contributed by atoms with Gasteiger partial charge >= 0.3 is 6.09 Å². The molecule has 2 amide bonds. The van der Waals surface area contributed by atoms with Crippen LogP contribution < -0.4 is 11.1 Å². The molecule has 0 radical (unpaired) electrons. The number of hydrogen-bond donors (Lipinski definition) is 2. The number of nitrogens with two attached hydrogens (primary N) is 1. The van der Waals surface area contributed by atoms with Crippen molar-refractivity contribution in [2.45, 2.75) is 64.0 Å². The molecule has 0 saturated carbocycles. The monoisotopic (exact) mass is 507 g/mol. The van der Waals surface area contributed by atoms with Gasteiger partial charge in [-0.05, 0) is 54.9 Å². The van der Waals surface area contributed by atoms with E-state index in [1.165, 1.54) is 7.11 Å². The Morgan fingerprint density at radius 2 is 1.78 bits per heavy atom. The van der Waals surface area contributed by atoms with Crippen LogP contribution in [0.2, 0.25) is 0 Å². The van der Waals surface area contributed by atoms with E-state index in [0.717, 1.165) is 17.5 Å². The summed E-state index contributed by atoms with van der Waals surface area (Å²) < 4.78 is 4.69. The maximum absolute atomic E-state index is 13.6. The van der Waals surface area contributed by atoms with Crippen LogP contribution in [0.4, 0.5) is 4.79 Å². The first-order valence-electron chi connectivity index (χ1n) is 12.8. The van der Waals surface area contributed by atoms with Crippen LogP contribution in [0.3, 0.4) is 0 Å². The number of unbranched alkanes of at least 4 members (excludes halogenated alkanes) is 2. The number of methoxy groups -OCH3 is 1. The third-order valence-electron chi connectivity index (χ3n) is 6.50. The number of guanidine groups is 1. The van der Waals surface area contributed by atoms with Gasteiger partial charge in [0.15, 0.2) is 17.3 Å². The number of ketones is 1. The van der Waals surface area contributed by atoms with Gasteiger partial charge in [-0.3, -0.25) is 19.5 Å². The number of nitrogens with one attached hydrogen (secondary N) is 1. The molecule has 1 aliphatic rings. The number of rotatable bonds is 13. The van der Waals surface area contributed by atoms with Gasteiger partial charge in [0.2, 0.25) is 0 Å². The van der Waals surface area contributed by atoms with Crippen molar-refractivity contribution in [2.24, 2.45) is 16.6 Å². The first-order chi connectivity index (χ1) is 17.8. The van der Waals surface area contributed by atoms with Gasteiger partial charge in [0.05, 0.1) is 13.2 Å². The number of amides is 2. The number of Topliss-reactive ketones (excluding diaryl/α,β-unsaturated/α-hetero) is 1. The molecule has 2 atom stereocenters. The van der Waals surface area contributed by atoms with E-state index in [1.807, 2.05) is 42.5 Å². The second kappa shape index (κ2) is 13.0. The lowest BCUT2D eigenvalue weighted by Crippen LogP contribution is -2.44. The lowest BCUT2D eigenvalue weighted by molar-refractivity contribution is -0.132. The predicted octanol–water partition coefficient (Wildman–Crippen LogP) is 3.58. The van der Waals surface area contributed by atoms with Crippen LogP contribution in [0.15, 0.2) is 59.9 Å². The summed E-state index contributed by atoms with van der Waals surface area (Å²) in [7, 11) is 1.27. The van der Waals surface area contributed by atoms with Crippen molar-refractivity contribution >= 4 is 23.7 Å². The van der Waals surface area contributed by atoms with E-state index < -0.39 is 17.7 Å². The highest BCUT2D eigenvalue weighted by Gasteiger charge is 2.49. The molecule has 1 unspecified atom stereocenters. The summed E-state index contributed by atoms with van der Waals surface area (Å²) in [6.07, 6.45) is 5.94. The maximum Gasteiger partial charge on any atom is 0.407 e. The highest BCUT2D eigenvalue weighted by atomic mass is 16.5. The average molecular weight is 508 g/mol. The van der Waals surface area contributed by atoms with E-state index in [-0.39, 0.29) is 23.6 Å². The van der Waals surface area contributed by atoms with Crippen molar-refractivity contribution in [3.63, 3.8) is 0 Å². The number of aromatic nitrogens is 1. The van der Waals surface area contributed by atoms with Crippen molar-refractivity contribution in [1.82, 2.24) is 15.2 Å². The number of pyridine rings is 1. The molecule has 198 valence electrons. The fraction of sp³-hybridized carbons (Fsp3) is 0.464. The Bertz CT molecular complexity index is 1090. The number of benzene rings is 1. The number of carbonyl (C=O) groups excluding carboxylic acids is 3. The van der Waals surface area contributed by atoms with Crippen molar-refractivity contribution in [3.8, 4) is 0 Å². The van der Waals surface area contributed by atoms with Crippen molar-refractivity contribution < 1.29 is 19.1 Å². The van der Waals surface area contributed by atoms with Crippen molar-refractivity contribution in [3.05, 3.63) is 66.0 Å². The molecule has 0 bridgehead atoms. The number of carbonyl (C=O) groups is 3. The molecule has 0 aliphatic carbocycles. The average Bonchev–Trinajstić information content (AvgIpc) is 3.13.